The first kappa shape index (κ1) is 22.3. The van der Waals surface area contributed by atoms with Gasteiger partial charge in [0.05, 0.1) is 28.6 Å². The van der Waals surface area contributed by atoms with Gasteiger partial charge in [-0.3, -0.25) is 9.59 Å². The summed E-state index contributed by atoms with van der Waals surface area (Å²) in [5.41, 5.74) is 0.546. The minimum absolute atomic E-state index is 0.000107. The summed E-state index contributed by atoms with van der Waals surface area (Å²) in [7, 11) is -2.56. The second-order valence-corrected chi connectivity index (χ2v) is 9.13. The van der Waals surface area contributed by atoms with Gasteiger partial charge in [0.15, 0.2) is 0 Å². The molecule has 1 fully saturated rings. The van der Waals surface area contributed by atoms with E-state index >= 15 is 0 Å². The number of hydrogen-bond donors (Lipinski definition) is 1. The highest BCUT2D eigenvalue weighted by atomic mass is 32.2. The van der Waals surface area contributed by atoms with Crippen LogP contribution in [0.1, 0.15) is 15.9 Å². The monoisotopic (exact) mass is 442 g/mol. The van der Waals surface area contributed by atoms with Gasteiger partial charge in [-0.15, -0.1) is 0 Å². The van der Waals surface area contributed by atoms with Crippen LogP contribution in [0.25, 0.3) is 0 Å². The third-order valence-electron chi connectivity index (χ3n) is 5.10. The van der Waals surface area contributed by atoms with E-state index < -0.39 is 10.0 Å². The van der Waals surface area contributed by atoms with Gasteiger partial charge in [-0.25, -0.2) is 8.42 Å². The first-order valence-electron chi connectivity index (χ1n) is 9.55. The molecule has 0 bridgehead atoms. The third-order valence-corrected chi connectivity index (χ3v) is 6.92. The largest absolute Gasteiger partial charge is 0.507 e. The van der Waals surface area contributed by atoms with Gasteiger partial charge in [-0.2, -0.15) is 9.57 Å². The van der Waals surface area contributed by atoms with Crippen molar-refractivity contribution in [2.45, 2.75) is 4.90 Å². The van der Waals surface area contributed by atoms with Crippen LogP contribution in [0.5, 0.6) is 5.75 Å². The molecule has 3 rings (SSSR count). The first-order valence-corrected chi connectivity index (χ1v) is 11.0. The van der Waals surface area contributed by atoms with Crippen molar-refractivity contribution < 1.29 is 23.1 Å². The molecule has 10 heteroatoms. The van der Waals surface area contributed by atoms with Crippen LogP contribution in [0.3, 0.4) is 0 Å². The fourth-order valence-corrected chi connectivity index (χ4v) is 4.36. The highest BCUT2D eigenvalue weighted by Crippen LogP contribution is 2.19. The second kappa shape index (κ2) is 9.16. The molecule has 2 aromatic carbocycles. The summed E-state index contributed by atoms with van der Waals surface area (Å²) in [6.07, 6.45) is 0. The molecule has 0 atom stereocenters. The zero-order chi connectivity index (χ0) is 22.6. The number of hydrogen-bond acceptors (Lipinski definition) is 6. The van der Waals surface area contributed by atoms with Gasteiger partial charge in [0, 0.05) is 33.2 Å². The molecular weight excluding hydrogens is 420 g/mol. The number of aromatic hydroxyl groups is 1. The van der Waals surface area contributed by atoms with Gasteiger partial charge in [0.1, 0.15) is 5.75 Å². The molecule has 2 amide bonds. The van der Waals surface area contributed by atoms with Gasteiger partial charge in [0.25, 0.3) is 5.91 Å². The molecule has 0 aromatic heterocycles. The maximum absolute atomic E-state index is 12.7. The summed E-state index contributed by atoms with van der Waals surface area (Å²) in [4.78, 5) is 28.2. The minimum atomic E-state index is -3.88. The van der Waals surface area contributed by atoms with Gasteiger partial charge < -0.3 is 14.9 Å². The Morgan fingerprint density at radius 3 is 2.19 bits per heavy atom. The van der Waals surface area contributed by atoms with Crippen molar-refractivity contribution >= 4 is 21.8 Å². The summed E-state index contributed by atoms with van der Waals surface area (Å²) in [5, 5.41) is 18.7. The van der Waals surface area contributed by atoms with E-state index in [1.807, 2.05) is 6.07 Å². The number of sulfonamides is 1. The molecule has 2 aromatic rings. The number of phenols is 1. The number of piperazine rings is 1. The van der Waals surface area contributed by atoms with Crippen LogP contribution in [0, 0.1) is 11.3 Å². The van der Waals surface area contributed by atoms with E-state index in [1.165, 1.54) is 48.3 Å². The number of likely N-dealkylation sites (N-methyl/N-ethyl adjacent to an activating group) is 1. The van der Waals surface area contributed by atoms with E-state index in [0.29, 0.717) is 5.56 Å². The molecule has 0 spiro atoms. The number of carbonyl (C=O) groups excluding carboxylic acids is 2. The molecule has 1 saturated heterocycles. The van der Waals surface area contributed by atoms with Gasteiger partial charge in [0.2, 0.25) is 15.9 Å². The maximum Gasteiger partial charge on any atom is 0.257 e. The maximum atomic E-state index is 12.7. The lowest BCUT2D eigenvalue weighted by Gasteiger charge is -2.35. The molecule has 1 aliphatic rings. The number of rotatable bonds is 5. The smallest absolute Gasteiger partial charge is 0.257 e. The van der Waals surface area contributed by atoms with Gasteiger partial charge >= 0.3 is 0 Å². The third kappa shape index (κ3) is 4.84. The molecule has 31 heavy (non-hydrogen) atoms. The topological polar surface area (TPSA) is 122 Å². The Hall–Kier alpha value is -3.42. The van der Waals surface area contributed by atoms with Crippen molar-refractivity contribution in [2.24, 2.45) is 0 Å². The van der Waals surface area contributed by atoms with Crippen molar-refractivity contribution in [3.63, 3.8) is 0 Å². The molecule has 0 radical (unpaired) electrons. The van der Waals surface area contributed by atoms with E-state index in [0.717, 1.165) is 4.31 Å². The van der Waals surface area contributed by atoms with E-state index in [-0.39, 0.29) is 60.7 Å². The van der Waals surface area contributed by atoms with Crippen molar-refractivity contribution in [3.05, 3.63) is 59.7 Å². The highest BCUT2D eigenvalue weighted by Gasteiger charge is 2.29. The zero-order valence-electron chi connectivity index (χ0n) is 16.9. The summed E-state index contributed by atoms with van der Waals surface area (Å²) in [6.45, 7) is 0.761. The molecule has 162 valence electrons. The molecule has 0 saturated carbocycles. The van der Waals surface area contributed by atoms with E-state index in [9.17, 15) is 23.1 Å². The summed E-state index contributed by atoms with van der Waals surface area (Å²) < 4.78 is 26.3. The molecule has 1 aliphatic heterocycles. The van der Waals surface area contributed by atoms with Crippen LogP contribution in [-0.4, -0.2) is 79.2 Å². The Morgan fingerprint density at radius 1 is 1.03 bits per heavy atom. The van der Waals surface area contributed by atoms with Crippen molar-refractivity contribution in [2.75, 3.05) is 39.8 Å². The Bertz CT molecular complexity index is 1120. The first-order chi connectivity index (χ1) is 14.7. The normalized spacial score (nSPS) is 14.4. The SMILES string of the molecule is CN(CC(=O)N1CCN(C(=O)c2ccccc2O)CC1)S(=O)(=O)c1ccc(C#N)cc1. The average Bonchev–Trinajstić information content (AvgIpc) is 2.79. The van der Waals surface area contributed by atoms with Crippen LogP contribution in [-0.2, 0) is 14.8 Å². The lowest BCUT2D eigenvalue weighted by atomic mass is 10.1. The molecule has 0 aliphatic carbocycles. The quantitative estimate of drug-likeness (QED) is 0.733. The standard InChI is InChI=1S/C21H22N4O5S/c1-23(31(29,30)17-8-6-16(14-22)7-9-17)15-20(27)24-10-12-25(13-11-24)21(28)18-4-2-3-5-19(18)26/h2-9,26H,10-13,15H2,1H3. The number of para-hydroxylation sites is 1. The molecule has 1 heterocycles. The van der Waals surface area contributed by atoms with Crippen LogP contribution < -0.4 is 0 Å². The molecule has 1 N–H and O–H groups in total. The minimum Gasteiger partial charge on any atom is -0.507 e. The number of phenolic OH excluding ortho intramolecular Hbond substituents is 1. The Labute approximate surface area is 180 Å². The Morgan fingerprint density at radius 2 is 1.61 bits per heavy atom. The summed E-state index contributed by atoms with van der Waals surface area (Å²) in [6, 6.07) is 13.7. The average molecular weight is 442 g/mol. The van der Waals surface area contributed by atoms with Gasteiger partial charge in [-0.05, 0) is 36.4 Å². The summed E-state index contributed by atoms with van der Waals surface area (Å²) >= 11 is 0. The highest BCUT2D eigenvalue weighted by molar-refractivity contribution is 7.89. The lowest BCUT2D eigenvalue weighted by molar-refractivity contribution is -0.132. The van der Waals surface area contributed by atoms with Crippen LogP contribution in [0.4, 0.5) is 0 Å². The fourth-order valence-electron chi connectivity index (χ4n) is 3.24. The summed E-state index contributed by atoms with van der Waals surface area (Å²) in [5.74, 6) is -0.777. The molecular formula is C21H22N4O5S. The van der Waals surface area contributed by atoms with E-state index in [2.05, 4.69) is 0 Å². The van der Waals surface area contributed by atoms with Crippen molar-refractivity contribution in [1.82, 2.24) is 14.1 Å². The number of nitrogens with zero attached hydrogens (tertiary/aromatic N) is 4. The second-order valence-electron chi connectivity index (χ2n) is 7.09. The number of amides is 2. The fraction of sp³-hybridized carbons (Fsp3) is 0.286. The number of nitriles is 1. The van der Waals surface area contributed by atoms with Crippen molar-refractivity contribution in [3.8, 4) is 11.8 Å². The number of benzene rings is 2. The number of carbonyl (C=O) groups is 2. The van der Waals surface area contributed by atoms with Crippen LogP contribution in [0.15, 0.2) is 53.4 Å². The van der Waals surface area contributed by atoms with Gasteiger partial charge in [-0.1, -0.05) is 12.1 Å². The Kier molecular flexibility index (Phi) is 6.58. The van der Waals surface area contributed by atoms with Crippen LogP contribution >= 0.6 is 0 Å². The van der Waals surface area contributed by atoms with E-state index in [1.54, 1.807) is 17.0 Å². The molecule has 9 nitrogen and oxygen atoms in total. The zero-order valence-corrected chi connectivity index (χ0v) is 17.7. The lowest BCUT2D eigenvalue weighted by Crippen LogP contribution is -2.52. The predicted molar refractivity (Wildman–Crippen MR) is 112 cm³/mol. The molecule has 0 unspecified atom stereocenters. The predicted octanol–water partition coefficient (Wildman–Crippen LogP) is 0.869. The Balaban J connectivity index is 1.58. The van der Waals surface area contributed by atoms with Crippen LogP contribution in [0.2, 0.25) is 0 Å². The van der Waals surface area contributed by atoms with Crippen molar-refractivity contribution in [1.29, 1.82) is 5.26 Å². The van der Waals surface area contributed by atoms with E-state index in [4.69, 9.17) is 5.26 Å².